The number of pyridine rings is 2. The van der Waals surface area contributed by atoms with Gasteiger partial charge in [0.05, 0.1) is 22.9 Å². The van der Waals surface area contributed by atoms with Gasteiger partial charge in [-0.25, -0.2) is 9.97 Å². The average molecular weight is 492 g/mol. The molecule has 0 spiro atoms. The van der Waals surface area contributed by atoms with Gasteiger partial charge in [0.1, 0.15) is 5.69 Å². The molecule has 0 aliphatic rings. The summed E-state index contributed by atoms with van der Waals surface area (Å²) >= 11 is 1.69. The average Bonchev–Trinajstić information content (AvgIpc) is 3.62. The van der Waals surface area contributed by atoms with E-state index in [2.05, 4.69) is 87.5 Å². The number of anilines is 1. The first kappa shape index (κ1) is 22.2. The summed E-state index contributed by atoms with van der Waals surface area (Å²) in [6.07, 6.45) is 5.48. The number of nitrogens with zero attached hydrogens (tertiary/aromatic N) is 4. The Kier molecular flexibility index (Phi) is 5.19. The Morgan fingerprint density at radius 1 is 1.06 bits per heavy atom. The Hall–Kier alpha value is -4.30. The summed E-state index contributed by atoms with van der Waals surface area (Å²) in [5.74, 6) is 0.680. The van der Waals surface area contributed by atoms with Crippen LogP contribution in [0.4, 0.5) is 5.69 Å². The minimum absolute atomic E-state index is 0.0502. The first-order valence-electron chi connectivity index (χ1n) is 11.7. The van der Waals surface area contributed by atoms with E-state index in [1.54, 1.807) is 17.5 Å². The largest absolute Gasteiger partial charge is 0.358 e. The first-order valence-corrected chi connectivity index (χ1v) is 12.5. The number of H-pyrrole nitrogens is 2. The lowest BCUT2D eigenvalue weighted by molar-refractivity contribution is 0.509. The Labute approximate surface area is 212 Å². The topological polar surface area (TPSA) is 95.2 Å². The summed E-state index contributed by atoms with van der Waals surface area (Å²) in [5.41, 5.74) is 8.19. The molecule has 0 aliphatic carbocycles. The first-order chi connectivity index (χ1) is 17.4. The highest BCUT2D eigenvalue weighted by atomic mass is 32.1. The maximum absolute atomic E-state index is 4.77. The zero-order valence-electron chi connectivity index (χ0n) is 20.3. The van der Waals surface area contributed by atoms with Gasteiger partial charge >= 0.3 is 0 Å². The fourth-order valence-electron chi connectivity index (χ4n) is 4.06. The number of thiophene rings is 1. The van der Waals surface area contributed by atoms with Crippen LogP contribution < -0.4 is 5.32 Å². The fourth-order valence-corrected chi connectivity index (χ4v) is 4.82. The minimum Gasteiger partial charge on any atom is -0.358 e. The lowest BCUT2D eigenvalue weighted by atomic mass is 9.93. The Morgan fingerprint density at radius 2 is 1.94 bits per heavy atom. The van der Waals surface area contributed by atoms with Gasteiger partial charge < -0.3 is 10.3 Å². The van der Waals surface area contributed by atoms with E-state index in [4.69, 9.17) is 4.98 Å². The monoisotopic (exact) mass is 491 g/mol. The molecule has 3 N–H and O–H groups in total. The van der Waals surface area contributed by atoms with Crippen molar-refractivity contribution in [3.05, 3.63) is 78.7 Å². The number of benzene rings is 1. The van der Waals surface area contributed by atoms with Crippen LogP contribution in [0.15, 0.2) is 78.7 Å². The Bertz CT molecular complexity index is 1720. The van der Waals surface area contributed by atoms with E-state index in [-0.39, 0.29) is 5.41 Å². The number of allylic oxidation sites excluding steroid dienone is 1. The highest BCUT2D eigenvalue weighted by molar-refractivity contribution is 7.13. The predicted octanol–water partition coefficient (Wildman–Crippen LogP) is 7.26. The molecule has 5 aromatic heterocycles. The van der Waals surface area contributed by atoms with Crippen molar-refractivity contribution in [1.82, 2.24) is 30.1 Å². The van der Waals surface area contributed by atoms with Gasteiger partial charge in [0.15, 0.2) is 11.5 Å². The number of aromatic nitrogens is 6. The third-order valence-electron chi connectivity index (χ3n) is 6.24. The Morgan fingerprint density at radius 3 is 2.75 bits per heavy atom. The molecule has 5 heterocycles. The SMILES string of the molecule is C=C(Nc1cncc(-c2ccc3[nH]nc(-c4nc5nccc(-c6cccs6)c5[nH]4)c3c2)c1)C(C)(C)C. The van der Waals surface area contributed by atoms with Gasteiger partial charge in [-0.05, 0) is 41.3 Å². The molecule has 0 fully saturated rings. The van der Waals surface area contributed by atoms with Gasteiger partial charge in [-0.2, -0.15) is 5.10 Å². The summed E-state index contributed by atoms with van der Waals surface area (Å²) in [6, 6.07) is 14.5. The number of hydrogen-bond donors (Lipinski definition) is 3. The highest BCUT2D eigenvalue weighted by Gasteiger charge is 2.18. The standard InChI is InChI=1S/C28H25N7S/c1-16(28(2,3)4)31-19-12-18(14-29-15-19)17-7-8-22-21(13-17)25(35-34-22)27-32-24-20(23-6-5-11-36-23)9-10-30-26(24)33-27/h5-15,31H,1H2,2-4H3,(H,34,35)(H,30,32,33). The van der Waals surface area contributed by atoms with E-state index < -0.39 is 0 Å². The van der Waals surface area contributed by atoms with Crippen molar-refractivity contribution in [3.8, 4) is 33.1 Å². The molecular weight excluding hydrogens is 466 g/mol. The van der Waals surface area contributed by atoms with Gasteiger partial charge in [-0.15, -0.1) is 11.3 Å². The molecule has 1 aromatic carbocycles. The predicted molar refractivity (Wildman–Crippen MR) is 148 cm³/mol. The van der Waals surface area contributed by atoms with E-state index in [1.165, 1.54) is 4.88 Å². The maximum atomic E-state index is 4.77. The molecule has 0 saturated heterocycles. The van der Waals surface area contributed by atoms with Crippen molar-refractivity contribution in [1.29, 1.82) is 0 Å². The smallest absolute Gasteiger partial charge is 0.178 e. The normalized spacial score (nSPS) is 11.9. The maximum Gasteiger partial charge on any atom is 0.178 e. The molecular formula is C28H25N7S. The third-order valence-corrected chi connectivity index (χ3v) is 7.14. The summed E-state index contributed by atoms with van der Waals surface area (Å²) in [6.45, 7) is 10.6. The number of rotatable bonds is 5. The second kappa shape index (κ2) is 8.42. The van der Waals surface area contributed by atoms with Crippen molar-refractivity contribution < 1.29 is 0 Å². The molecule has 0 atom stereocenters. The van der Waals surface area contributed by atoms with Crippen LogP contribution in [0.2, 0.25) is 0 Å². The number of imidazole rings is 1. The summed E-state index contributed by atoms with van der Waals surface area (Å²) in [5, 5.41) is 14.2. The van der Waals surface area contributed by atoms with Crippen molar-refractivity contribution in [2.24, 2.45) is 5.41 Å². The Balaban J connectivity index is 1.40. The van der Waals surface area contributed by atoms with Gasteiger partial charge in [0.25, 0.3) is 0 Å². The van der Waals surface area contributed by atoms with Crippen LogP contribution in [-0.4, -0.2) is 30.1 Å². The van der Waals surface area contributed by atoms with Crippen molar-refractivity contribution >= 4 is 39.1 Å². The highest BCUT2D eigenvalue weighted by Crippen LogP contribution is 2.34. The van der Waals surface area contributed by atoms with E-state index in [1.807, 2.05) is 30.6 Å². The lowest BCUT2D eigenvalue weighted by Gasteiger charge is -2.23. The molecule has 0 bridgehead atoms. The van der Waals surface area contributed by atoms with Crippen LogP contribution in [0.1, 0.15) is 20.8 Å². The number of hydrogen-bond acceptors (Lipinski definition) is 6. The molecule has 178 valence electrons. The van der Waals surface area contributed by atoms with Crippen LogP contribution in [0, 0.1) is 5.41 Å². The van der Waals surface area contributed by atoms with Crippen LogP contribution in [0.5, 0.6) is 0 Å². The summed E-state index contributed by atoms with van der Waals surface area (Å²) in [4.78, 5) is 18.3. The number of nitrogens with one attached hydrogen (secondary N) is 3. The molecule has 0 unspecified atom stereocenters. The van der Waals surface area contributed by atoms with Crippen LogP contribution in [-0.2, 0) is 0 Å². The van der Waals surface area contributed by atoms with Gasteiger partial charge in [-0.3, -0.25) is 10.1 Å². The molecule has 6 aromatic rings. The number of fused-ring (bicyclic) bond motifs is 2. The molecule has 0 radical (unpaired) electrons. The molecule has 7 nitrogen and oxygen atoms in total. The third kappa shape index (κ3) is 3.95. The van der Waals surface area contributed by atoms with Crippen molar-refractivity contribution in [2.75, 3.05) is 5.32 Å². The zero-order valence-corrected chi connectivity index (χ0v) is 21.1. The zero-order chi connectivity index (χ0) is 24.9. The van der Waals surface area contributed by atoms with Crippen molar-refractivity contribution in [2.45, 2.75) is 20.8 Å². The summed E-state index contributed by atoms with van der Waals surface area (Å²) < 4.78 is 0. The second-order valence-corrected chi connectivity index (χ2v) is 10.7. The minimum atomic E-state index is -0.0502. The summed E-state index contributed by atoms with van der Waals surface area (Å²) in [7, 11) is 0. The van der Waals surface area contributed by atoms with Crippen molar-refractivity contribution in [3.63, 3.8) is 0 Å². The molecule has 0 aliphatic heterocycles. The van der Waals surface area contributed by atoms with Crippen LogP contribution in [0.25, 0.3) is 55.2 Å². The van der Waals surface area contributed by atoms with Gasteiger partial charge in [-0.1, -0.05) is 39.5 Å². The fraction of sp³-hybridized carbons (Fsp3) is 0.143. The van der Waals surface area contributed by atoms with Gasteiger partial charge in [0.2, 0.25) is 0 Å². The molecule has 36 heavy (non-hydrogen) atoms. The van der Waals surface area contributed by atoms with Gasteiger partial charge in [0, 0.05) is 44.9 Å². The molecule has 0 saturated carbocycles. The quantitative estimate of drug-likeness (QED) is 0.236. The van der Waals surface area contributed by atoms with E-state index >= 15 is 0 Å². The van der Waals surface area contributed by atoms with E-state index in [9.17, 15) is 0 Å². The lowest BCUT2D eigenvalue weighted by Crippen LogP contribution is -2.15. The van der Waals surface area contributed by atoms with E-state index in [0.717, 1.165) is 50.2 Å². The second-order valence-electron chi connectivity index (χ2n) is 9.77. The van der Waals surface area contributed by atoms with E-state index in [0.29, 0.717) is 11.5 Å². The molecule has 6 rings (SSSR count). The van der Waals surface area contributed by atoms with Crippen LogP contribution >= 0.6 is 11.3 Å². The van der Waals surface area contributed by atoms with Crippen LogP contribution in [0.3, 0.4) is 0 Å². The number of aromatic amines is 2. The molecule has 0 amide bonds. The molecule has 8 heteroatoms.